The van der Waals surface area contributed by atoms with Crippen LogP contribution in [0.5, 0.6) is 0 Å². The molecule has 80 valence electrons. The molecule has 0 aliphatic carbocycles. The Morgan fingerprint density at radius 2 is 1.93 bits per heavy atom. The molecule has 1 rings (SSSR count). The zero-order valence-electron chi connectivity index (χ0n) is 8.97. The van der Waals surface area contributed by atoms with Crippen molar-refractivity contribution in [2.75, 3.05) is 19.0 Å². The molecular weight excluding hydrogens is 219 g/mol. The van der Waals surface area contributed by atoms with Gasteiger partial charge in [0.2, 0.25) is 0 Å². The predicted octanol–water partition coefficient (Wildman–Crippen LogP) is 2.93. The molecule has 0 aliphatic rings. The van der Waals surface area contributed by atoms with Crippen molar-refractivity contribution in [3.8, 4) is 0 Å². The highest BCUT2D eigenvalue weighted by Crippen LogP contribution is 2.24. The Morgan fingerprint density at radius 1 is 1.36 bits per heavy atom. The van der Waals surface area contributed by atoms with Gasteiger partial charge in [0, 0.05) is 26.0 Å². The molecule has 2 nitrogen and oxygen atoms in total. The first-order valence-corrected chi connectivity index (χ1v) is 4.79. The first-order valence-electron chi connectivity index (χ1n) is 4.26. The lowest BCUT2D eigenvalue weighted by molar-refractivity contribution is 1.03. The van der Waals surface area contributed by atoms with Gasteiger partial charge in [0.15, 0.2) is 0 Å². The second-order valence-corrected chi connectivity index (χ2v) is 3.66. The number of alkyl halides is 1. The monoisotopic (exact) mass is 234 g/mol. The maximum atomic E-state index is 5.78. The van der Waals surface area contributed by atoms with Crippen LogP contribution in [0.4, 0.5) is 5.69 Å². The second kappa shape index (κ2) is 5.42. The molecule has 1 aromatic rings. The summed E-state index contributed by atoms with van der Waals surface area (Å²) in [5, 5.41) is 0. The Balaban J connectivity index is 0.00000169. The van der Waals surface area contributed by atoms with Gasteiger partial charge in [-0.15, -0.1) is 24.0 Å². The maximum Gasteiger partial charge on any atom is 0.0650 e. The van der Waals surface area contributed by atoms with Crippen LogP contribution in [0.3, 0.4) is 0 Å². The molecule has 0 radical (unpaired) electrons. The van der Waals surface area contributed by atoms with Crippen LogP contribution in [0.25, 0.3) is 0 Å². The van der Waals surface area contributed by atoms with E-state index in [-0.39, 0.29) is 12.4 Å². The van der Waals surface area contributed by atoms with E-state index in [0.717, 1.165) is 5.69 Å². The molecule has 0 N–H and O–H groups in total. The first kappa shape index (κ1) is 13.5. The molecule has 0 amide bonds. The number of hydrogen-bond donors (Lipinski definition) is 0. The fraction of sp³-hybridized carbons (Fsp3) is 0.500. The van der Waals surface area contributed by atoms with Gasteiger partial charge in [0.25, 0.3) is 0 Å². The molecule has 0 fully saturated rings. The summed E-state index contributed by atoms with van der Waals surface area (Å²) in [4.78, 5) is 6.38. The Kier molecular flexibility index (Phi) is 5.24. The number of hydrogen-bond acceptors (Lipinski definition) is 2. The van der Waals surface area contributed by atoms with Gasteiger partial charge >= 0.3 is 0 Å². The molecular formula is C10H16Cl2N2. The van der Waals surface area contributed by atoms with Crippen LogP contribution in [-0.2, 0) is 5.88 Å². The Bertz CT molecular complexity index is 311. The van der Waals surface area contributed by atoms with E-state index in [2.05, 4.69) is 23.7 Å². The van der Waals surface area contributed by atoms with Crippen molar-refractivity contribution in [1.82, 2.24) is 4.98 Å². The third-order valence-electron chi connectivity index (χ3n) is 2.15. The van der Waals surface area contributed by atoms with E-state index in [1.165, 1.54) is 16.8 Å². The van der Waals surface area contributed by atoms with E-state index in [0.29, 0.717) is 5.88 Å². The summed E-state index contributed by atoms with van der Waals surface area (Å²) >= 11 is 5.78. The average Bonchev–Trinajstić information content (AvgIpc) is 2.04. The van der Waals surface area contributed by atoms with Gasteiger partial charge in [0.1, 0.15) is 0 Å². The van der Waals surface area contributed by atoms with Crippen molar-refractivity contribution >= 4 is 29.7 Å². The molecule has 0 spiro atoms. The molecule has 0 atom stereocenters. The van der Waals surface area contributed by atoms with Gasteiger partial charge in [0.05, 0.1) is 11.6 Å². The fourth-order valence-corrected chi connectivity index (χ4v) is 1.86. The zero-order valence-corrected chi connectivity index (χ0v) is 10.5. The van der Waals surface area contributed by atoms with E-state index >= 15 is 0 Å². The van der Waals surface area contributed by atoms with Crippen molar-refractivity contribution in [3.63, 3.8) is 0 Å². The van der Waals surface area contributed by atoms with E-state index in [9.17, 15) is 0 Å². The SMILES string of the molecule is Cc1cnc(CCl)c(C)c1N(C)C.Cl. The number of rotatable bonds is 2. The summed E-state index contributed by atoms with van der Waals surface area (Å²) in [6.07, 6.45) is 1.88. The van der Waals surface area contributed by atoms with Crippen molar-refractivity contribution in [2.45, 2.75) is 19.7 Å². The Hall–Kier alpha value is -0.470. The molecule has 0 bridgehead atoms. The standard InChI is InChI=1S/C10H15ClN2.ClH/c1-7-6-12-9(5-11)8(2)10(7)13(3)4;/h6H,5H2,1-4H3;1H. The van der Waals surface area contributed by atoms with Gasteiger partial charge in [-0.2, -0.15) is 0 Å². The van der Waals surface area contributed by atoms with Crippen LogP contribution < -0.4 is 4.90 Å². The summed E-state index contributed by atoms with van der Waals surface area (Å²) in [5.74, 6) is 0.479. The van der Waals surface area contributed by atoms with E-state index in [1.807, 2.05) is 20.3 Å². The molecule has 0 aromatic carbocycles. The van der Waals surface area contributed by atoms with E-state index in [4.69, 9.17) is 11.6 Å². The van der Waals surface area contributed by atoms with Gasteiger partial charge in [-0.1, -0.05) is 0 Å². The summed E-state index contributed by atoms with van der Waals surface area (Å²) in [6.45, 7) is 4.13. The molecule has 0 aliphatic heterocycles. The minimum atomic E-state index is 0. The lowest BCUT2D eigenvalue weighted by Crippen LogP contribution is -2.13. The lowest BCUT2D eigenvalue weighted by Gasteiger charge is -2.19. The number of halogens is 2. The van der Waals surface area contributed by atoms with E-state index in [1.54, 1.807) is 0 Å². The largest absolute Gasteiger partial charge is 0.377 e. The molecule has 0 saturated carbocycles. The van der Waals surface area contributed by atoms with Crippen LogP contribution in [0.2, 0.25) is 0 Å². The normalized spacial score (nSPS) is 9.50. The summed E-state index contributed by atoms with van der Waals surface area (Å²) in [7, 11) is 4.07. The quantitative estimate of drug-likeness (QED) is 0.732. The third kappa shape index (κ3) is 2.52. The van der Waals surface area contributed by atoms with E-state index < -0.39 is 0 Å². The van der Waals surface area contributed by atoms with Gasteiger partial charge in [-0.3, -0.25) is 4.98 Å². The van der Waals surface area contributed by atoms with Crippen LogP contribution in [-0.4, -0.2) is 19.1 Å². The topological polar surface area (TPSA) is 16.1 Å². The minimum Gasteiger partial charge on any atom is -0.377 e. The Morgan fingerprint density at radius 3 is 2.36 bits per heavy atom. The predicted molar refractivity (Wildman–Crippen MR) is 64.8 cm³/mol. The van der Waals surface area contributed by atoms with Crippen molar-refractivity contribution < 1.29 is 0 Å². The third-order valence-corrected chi connectivity index (χ3v) is 2.40. The number of aromatic nitrogens is 1. The van der Waals surface area contributed by atoms with Crippen LogP contribution >= 0.6 is 24.0 Å². The highest BCUT2D eigenvalue weighted by atomic mass is 35.5. The lowest BCUT2D eigenvalue weighted by atomic mass is 10.1. The van der Waals surface area contributed by atoms with Crippen molar-refractivity contribution in [3.05, 3.63) is 23.0 Å². The van der Waals surface area contributed by atoms with Gasteiger partial charge in [-0.05, 0) is 25.0 Å². The first-order chi connectivity index (χ1) is 6.07. The number of anilines is 1. The number of aryl methyl sites for hydroxylation is 1. The van der Waals surface area contributed by atoms with Crippen LogP contribution in [0, 0.1) is 13.8 Å². The number of pyridine rings is 1. The molecule has 14 heavy (non-hydrogen) atoms. The fourth-order valence-electron chi connectivity index (χ4n) is 1.59. The molecule has 4 heteroatoms. The van der Waals surface area contributed by atoms with Gasteiger partial charge in [-0.25, -0.2) is 0 Å². The molecule has 1 heterocycles. The highest BCUT2D eigenvalue weighted by Gasteiger charge is 2.09. The zero-order chi connectivity index (χ0) is 10.0. The van der Waals surface area contributed by atoms with Gasteiger partial charge < -0.3 is 4.90 Å². The summed E-state index contributed by atoms with van der Waals surface area (Å²) in [6, 6.07) is 0. The second-order valence-electron chi connectivity index (χ2n) is 3.39. The van der Waals surface area contributed by atoms with Crippen LogP contribution in [0.15, 0.2) is 6.20 Å². The highest BCUT2D eigenvalue weighted by molar-refractivity contribution is 6.17. The smallest absolute Gasteiger partial charge is 0.0650 e. The van der Waals surface area contributed by atoms with Crippen LogP contribution in [0.1, 0.15) is 16.8 Å². The summed E-state index contributed by atoms with van der Waals surface area (Å²) < 4.78 is 0. The average molecular weight is 235 g/mol. The minimum absolute atomic E-state index is 0. The molecule has 0 saturated heterocycles. The Labute approximate surface area is 96.7 Å². The van der Waals surface area contributed by atoms with Crippen molar-refractivity contribution in [2.24, 2.45) is 0 Å². The molecule has 1 aromatic heterocycles. The molecule has 0 unspecified atom stereocenters. The summed E-state index contributed by atoms with van der Waals surface area (Å²) in [5.41, 5.74) is 4.57. The van der Waals surface area contributed by atoms with Crippen molar-refractivity contribution in [1.29, 1.82) is 0 Å². The number of nitrogens with zero attached hydrogens (tertiary/aromatic N) is 2. The maximum absolute atomic E-state index is 5.78.